The molecule has 180 valence electrons. The number of benzene rings is 2. The maximum absolute atomic E-state index is 13.0. The number of rotatable bonds is 7. The fourth-order valence-electron chi connectivity index (χ4n) is 4.93. The van der Waals surface area contributed by atoms with Crippen molar-refractivity contribution in [1.82, 2.24) is 4.98 Å². The third-order valence-corrected chi connectivity index (χ3v) is 8.96. The van der Waals surface area contributed by atoms with E-state index in [1.807, 2.05) is 56.3 Å². The molecule has 9 heteroatoms. The first-order valence-electron chi connectivity index (χ1n) is 11.4. The lowest BCUT2D eigenvalue weighted by atomic mass is 9.82. The predicted molar refractivity (Wildman–Crippen MR) is 139 cm³/mol. The van der Waals surface area contributed by atoms with Gasteiger partial charge in [-0.3, -0.25) is 14.4 Å². The van der Waals surface area contributed by atoms with Gasteiger partial charge >= 0.3 is 5.97 Å². The summed E-state index contributed by atoms with van der Waals surface area (Å²) >= 11 is 2.82. The number of thiazole rings is 1. The number of carbonyl (C=O) groups is 3. The fourth-order valence-corrected chi connectivity index (χ4v) is 6.84. The number of nitrogens with zero attached hydrogens (tertiary/aromatic N) is 1. The minimum absolute atomic E-state index is 0.0220. The number of carbonyl (C=O) groups excluding carboxylic acids is 2. The van der Waals surface area contributed by atoms with Crippen LogP contribution in [0, 0.1) is 37.5 Å². The summed E-state index contributed by atoms with van der Waals surface area (Å²) in [4.78, 5) is 41.6. The summed E-state index contributed by atoms with van der Waals surface area (Å²) in [5.74, 6) is -2.34. The molecule has 4 atom stereocenters. The number of carboxylic acids is 1. The van der Waals surface area contributed by atoms with Crippen molar-refractivity contribution in [3.8, 4) is 0 Å². The van der Waals surface area contributed by atoms with Gasteiger partial charge in [0.05, 0.1) is 27.8 Å². The summed E-state index contributed by atoms with van der Waals surface area (Å²) in [7, 11) is 0. The molecule has 3 N–H and O–H groups in total. The number of hydrogen-bond acceptors (Lipinski definition) is 6. The first-order chi connectivity index (χ1) is 16.8. The number of amides is 2. The number of hydrogen-bond donors (Lipinski definition) is 3. The molecule has 0 spiro atoms. The number of aromatic nitrogens is 1. The fraction of sp³-hybridized carbons (Fsp3) is 0.308. The third-order valence-electron chi connectivity index (χ3n) is 6.80. The highest BCUT2D eigenvalue weighted by molar-refractivity contribution is 8.01. The molecule has 1 heterocycles. The molecule has 2 bridgehead atoms. The van der Waals surface area contributed by atoms with E-state index >= 15 is 0 Å². The van der Waals surface area contributed by atoms with Gasteiger partial charge in [0.2, 0.25) is 11.8 Å². The Morgan fingerprint density at radius 3 is 2.46 bits per heavy atom. The maximum atomic E-state index is 13.0. The maximum Gasteiger partial charge on any atom is 0.307 e. The van der Waals surface area contributed by atoms with Crippen LogP contribution in [-0.2, 0) is 14.4 Å². The Morgan fingerprint density at radius 1 is 1.00 bits per heavy atom. The van der Waals surface area contributed by atoms with Crippen molar-refractivity contribution in [3.05, 3.63) is 59.7 Å². The van der Waals surface area contributed by atoms with E-state index in [2.05, 4.69) is 15.6 Å². The van der Waals surface area contributed by atoms with Crippen LogP contribution in [0.25, 0.3) is 10.2 Å². The van der Waals surface area contributed by atoms with Crippen molar-refractivity contribution in [1.29, 1.82) is 0 Å². The largest absolute Gasteiger partial charge is 0.481 e. The molecular weight excluding hydrogens is 482 g/mol. The van der Waals surface area contributed by atoms with Gasteiger partial charge in [-0.15, -0.1) is 11.3 Å². The average Bonchev–Trinajstić information content (AvgIpc) is 3.54. The molecule has 2 aliphatic carbocycles. The zero-order chi connectivity index (χ0) is 24.7. The Labute approximate surface area is 211 Å². The Hall–Kier alpha value is -3.17. The quantitative estimate of drug-likeness (QED) is 0.303. The van der Waals surface area contributed by atoms with E-state index in [1.165, 1.54) is 28.7 Å². The minimum Gasteiger partial charge on any atom is -0.481 e. The van der Waals surface area contributed by atoms with Crippen molar-refractivity contribution in [2.45, 2.75) is 24.6 Å². The summed E-state index contributed by atoms with van der Waals surface area (Å²) in [6.07, 6.45) is 4.62. The van der Waals surface area contributed by atoms with Crippen molar-refractivity contribution in [2.75, 3.05) is 16.4 Å². The second-order valence-electron chi connectivity index (χ2n) is 9.13. The van der Waals surface area contributed by atoms with E-state index in [0.29, 0.717) is 5.69 Å². The molecule has 3 aromatic rings. The molecule has 1 saturated carbocycles. The zero-order valence-corrected chi connectivity index (χ0v) is 20.9. The molecule has 0 aliphatic heterocycles. The Bertz CT molecular complexity index is 1370. The molecule has 0 radical (unpaired) electrons. The summed E-state index contributed by atoms with van der Waals surface area (Å²) in [5, 5.41) is 15.4. The van der Waals surface area contributed by atoms with Crippen LogP contribution in [0.15, 0.2) is 52.9 Å². The third kappa shape index (κ3) is 4.83. The van der Waals surface area contributed by atoms with Gasteiger partial charge in [0, 0.05) is 11.4 Å². The highest BCUT2D eigenvalue weighted by atomic mass is 32.2. The lowest BCUT2D eigenvalue weighted by molar-refractivity contribution is -0.146. The molecular formula is C26H25N3O4S2. The van der Waals surface area contributed by atoms with E-state index in [-0.39, 0.29) is 29.4 Å². The van der Waals surface area contributed by atoms with E-state index in [0.717, 1.165) is 32.2 Å². The van der Waals surface area contributed by atoms with E-state index < -0.39 is 17.8 Å². The number of allylic oxidation sites excluding steroid dienone is 2. The van der Waals surface area contributed by atoms with E-state index in [4.69, 9.17) is 0 Å². The summed E-state index contributed by atoms with van der Waals surface area (Å²) in [6.45, 7) is 4.04. The van der Waals surface area contributed by atoms with Crippen molar-refractivity contribution in [2.24, 2.45) is 23.7 Å². The molecule has 5 rings (SSSR count). The van der Waals surface area contributed by atoms with Crippen LogP contribution in [0.3, 0.4) is 0 Å². The number of aliphatic carboxylic acids is 1. The SMILES string of the molecule is Cc1ccc(NC(=O)CSc2nc3ccc(NC(=O)[C@H]4[C@H](C(=O)O)[C@H]5C=C[C@H]4C5)cc3s2)cc1C. The van der Waals surface area contributed by atoms with Gasteiger partial charge in [-0.05, 0) is 73.6 Å². The van der Waals surface area contributed by atoms with Gasteiger partial charge in [0.1, 0.15) is 0 Å². The summed E-state index contributed by atoms with van der Waals surface area (Å²) in [5.41, 5.74) is 4.48. The van der Waals surface area contributed by atoms with Crippen LogP contribution < -0.4 is 10.6 Å². The first kappa shape index (κ1) is 23.6. The number of anilines is 2. The van der Waals surface area contributed by atoms with Crippen LogP contribution in [-0.4, -0.2) is 33.6 Å². The van der Waals surface area contributed by atoms with Crippen molar-refractivity contribution in [3.63, 3.8) is 0 Å². The van der Waals surface area contributed by atoms with Gasteiger partial charge in [0.25, 0.3) is 0 Å². The number of thioether (sulfide) groups is 1. The second-order valence-corrected chi connectivity index (χ2v) is 11.4. The average molecular weight is 508 g/mol. The molecule has 2 aromatic carbocycles. The summed E-state index contributed by atoms with van der Waals surface area (Å²) in [6, 6.07) is 11.3. The minimum atomic E-state index is -0.914. The zero-order valence-electron chi connectivity index (χ0n) is 19.3. The van der Waals surface area contributed by atoms with Crippen molar-refractivity contribution < 1.29 is 19.5 Å². The predicted octanol–water partition coefficient (Wildman–Crippen LogP) is 5.11. The van der Waals surface area contributed by atoms with Crippen LogP contribution >= 0.6 is 23.1 Å². The Balaban J connectivity index is 1.22. The lowest BCUT2D eigenvalue weighted by Crippen LogP contribution is -2.36. The molecule has 35 heavy (non-hydrogen) atoms. The Kier molecular flexibility index (Phi) is 6.37. The standard InChI is InChI=1S/C26H25N3O4S2/c1-13-3-6-17(9-14(13)2)27-21(30)12-34-26-29-19-8-7-18(11-20(19)35-26)28-24(31)22-15-4-5-16(10-15)23(22)25(32)33/h3-9,11,15-16,22-23H,10,12H2,1-2H3,(H,27,30)(H,28,31)(H,32,33)/t15-,16-,22+,23+/m0/s1. The lowest BCUT2D eigenvalue weighted by Gasteiger charge is -2.23. The monoisotopic (exact) mass is 507 g/mol. The molecule has 7 nitrogen and oxygen atoms in total. The van der Waals surface area contributed by atoms with Gasteiger partial charge < -0.3 is 15.7 Å². The normalized spacial score (nSPS) is 22.5. The molecule has 0 saturated heterocycles. The summed E-state index contributed by atoms with van der Waals surface area (Å²) < 4.78 is 1.66. The second kappa shape index (κ2) is 9.47. The highest BCUT2D eigenvalue weighted by Gasteiger charge is 2.51. The highest BCUT2D eigenvalue weighted by Crippen LogP contribution is 2.48. The van der Waals surface area contributed by atoms with Crippen LogP contribution in [0.1, 0.15) is 17.5 Å². The van der Waals surface area contributed by atoms with Crippen molar-refractivity contribution >= 4 is 62.5 Å². The smallest absolute Gasteiger partial charge is 0.307 e. The van der Waals surface area contributed by atoms with E-state index in [1.54, 1.807) is 6.07 Å². The van der Waals surface area contributed by atoms with Gasteiger partial charge in [0.15, 0.2) is 4.34 Å². The first-order valence-corrected chi connectivity index (χ1v) is 13.2. The molecule has 1 aromatic heterocycles. The molecule has 1 fully saturated rings. The van der Waals surface area contributed by atoms with E-state index in [9.17, 15) is 19.5 Å². The molecule has 2 amide bonds. The van der Waals surface area contributed by atoms with Crippen LogP contribution in [0.5, 0.6) is 0 Å². The Morgan fingerprint density at radius 2 is 1.71 bits per heavy atom. The van der Waals surface area contributed by atoms with Gasteiger partial charge in [-0.2, -0.15) is 0 Å². The van der Waals surface area contributed by atoms with Gasteiger partial charge in [-0.1, -0.05) is 30.0 Å². The molecule has 0 unspecified atom stereocenters. The van der Waals surface area contributed by atoms with Gasteiger partial charge in [-0.25, -0.2) is 4.98 Å². The number of nitrogens with one attached hydrogen (secondary N) is 2. The van der Waals surface area contributed by atoms with Crippen LogP contribution in [0.4, 0.5) is 11.4 Å². The van der Waals surface area contributed by atoms with Crippen LogP contribution in [0.2, 0.25) is 0 Å². The number of fused-ring (bicyclic) bond motifs is 3. The number of aryl methyl sites for hydroxylation is 2. The topological polar surface area (TPSA) is 108 Å². The molecule has 2 aliphatic rings. The number of carboxylic acid groups (broad SMARTS) is 1.